The van der Waals surface area contributed by atoms with Gasteiger partial charge in [0, 0.05) is 13.5 Å². The smallest absolute Gasteiger partial charge is 0.220 e. The average molecular weight is 228 g/mol. The first-order chi connectivity index (χ1) is 8.22. The van der Waals surface area contributed by atoms with Crippen LogP contribution in [0.1, 0.15) is 25.3 Å². The molecule has 1 aromatic rings. The molecule has 3 heteroatoms. The number of hydrogen-bond donors (Lipinski definition) is 0. The summed E-state index contributed by atoms with van der Waals surface area (Å²) >= 11 is 0. The molecule has 0 aromatic heterocycles. The predicted molar refractivity (Wildman–Crippen MR) is 64.8 cm³/mol. The third kappa shape index (κ3) is 2.85. The van der Waals surface area contributed by atoms with Crippen LogP contribution in [0.3, 0.4) is 0 Å². The summed E-state index contributed by atoms with van der Waals surface area (Å²) in [5.74, 6) is 0.361. The lowest BCUT2D eigenvalue weighted by molar-refractivity contribution is -0.131. The van der Waals surface area contributed by atoms with E-state index in [0.29, 0.717) is 12.5 Å². The molecule has 1 atom stereocenters. The van der Waals surface area contributed by atoms with Gasteiger partial charge >= 0.3 is 0 Å². The van der Waals surface area contributed by atoms with E-state index in [4.69, 9.17) is 0 Å². The lowest BCUT2D eigenvalue weighted by Gasteiger charge is -2.26. The third-order valence-corrected chi connectivity index (χ3v) is 3.14. The highest BCUT2D eigenvalue weighted by molar-refractivity contribution is 5.74. The minimum atomic E-state index is -0.257. The number of nitriles is 1. The van der Waals surface area contributed by atoms with Crippen LogP contribution in [0.2, 0.25) is 0 Å². The van der Waals surface area contributed by atoms with E-state index in [2.05, 4.69) is 6.07 Å². The number of carbonyl (C=O) groups excluding carboxylic acids is 1. The van der Waals surface area contributed by atoms with Crippen molar-refractivity contribution in [1.82, 2.24) is 4.90 Å². The van der Waals surface area contributed by atoms with Gasteiger partial charge in [-0.05, 0) is 24.3 Å². The highest BCUT2D eigenvalue weighted by atomic mass is 16.2. The maximum atomic E-state index is 11.7. The fraction of sp³-hybridized carbons (Fsp3) is 0.429. The Morgan fingerprint density at radius 3 is 2.59 bits per heavy atom. The molecule has 1 fully saturated rings. The molecule has 88 valence electrons. The standard InChI is InChI=1S/C14H16N2O/c1-11(17)16(14(9-15)13-7-8-13)10-12-5-3-2-4-6-12/h2-6,13-14H,7-8,10H2,1H3. The van der Waals surface area contributed by atoms with E-state index in [1.807, 2.05) is 30.3 Å². The molecule has 1 aliphatic carbocycles. The summed E-state index contributed by atoms with van der Waals surface area (Å²) < 4.78 is 0. The summed E-state index contributed by atoms with van der Waals surface area (Å²) in [6.07, 6.45) is 2.13. The molecule has 0 radical (unpaired) electrons. The molecular formula is C14H16N2O. The summed E-state index contributed by atoms with van der Waals surface area (Å²) in [6.45, 7) is 2.07. The summed E-state index contributed by atoms with van der Waals surface area (Å²) in [5.41, 5.74) is 1.07. The molecule has 1 saturated carbocycles. The van der Waals surface area contributed by atoms with E-state index in [-0.39, 0.29) is 11.9 Å². The fourth-order valence-electron chi connectivity index (χ4n) is 2.03. The Balaban J connectivity index is 2.12. The van der Waals surface area contributed by atoms with Crippen LogP contribution in [0.25, 0.3) is 0 Å². The van der Waals surface area contributed by atoms with Crippen molar-refractivity contribution in [2.75, 3.05) is 0 Å². The normalized spacial score (nSPS) is 16.0. The highest BCUT2D eigenvalue weighted by Crippen LogP contribution is 2.35. The number of amides is 1. The van der Waals surface area contributed by atoms with Gasteiger partial charge in [0.2, 0.25) is 5.91 Å². The van der Waals surface area contributed by atoms with Crippen molar-refractivity contribution in [3.05, 3.63) is 35.9 Å². The second-order valence-corrected chi connectivity index (χ2v) is 4.54. The molecule has 1 aromatic carbocycles. The van der Waals surface area contributed by atoms with Crippen molar-refractivity contribution < 1.29 is 4.79 Å². The summed E-state index contributed by atoms with van der Waals surface area (Å²) in [5, 5.41) is 9.19. The second-order valence-electron chi connectivity index (χ2n) is 4.54. The van der Waals surface area contributed by atoms with Crippen LogP contribution in [-0.4, -0.2) is 16.8 Å². The summed E-state index contributed by atoms with van der Waals surface area (Å²) in [4.78, 5) is 13.3. The highest BCUT2D eigenvalue weighted by Gasteiger charge is 2.36. The van der Waals surface area contributed by atoms with Crippen molar-refractivity contribution in [3.63, 3.8) is 0 Å². The van der Waals surface area contributed by atoms with E-state index < -0.39 is 0 Å². The first-order valence-electron chi connectivity index (χ1n) is 5.93. The lowest BCUT2D eigenvalue weighted by atomic mass is 10.1. The maximum absolute atomic E-state index is 11.7. The quantitative estimate of drug-likeness (QED) is 0.794. The Kier molecular flexibility index (Phi) is 3.43. The second kappa shape index (κ2) is 5.01. The Morgan fingerprint density at radius 1 is 1.47 bits per heavy atom. The molecule has 17 heavy (non-hydrogen) atoms. The Labute approximate surface area is 102 Å². The van der Waals surface area contributed by atoms with Crippen molar-refractivity contribution >= 4 is 5.91 Å². The van der Waals surface area contributed by atoms with Crippen LogP contribution in [0.15, 0.2) is 30.3 Å². The number of carbonyl (C=O) groups is 1. The van der Waals surface area contributed by atoms with Crippen LogP contribution in [-0.2, 0) is 11.3 Å². The largest absolute Gasteiger partial charge is 0.322 e. The lowest BCUT2D eigenvalue weighted by Crippen LogP contribution is -2.38. The molecule has 2 rings (SSSR count). The van der Waals surface area contributed by atoms with E-state index in [9.17, 15) is 10.1 Å². The molecular weight excluding hydrogens is 212 g/mol. The number of nitrogens with zero attached hydrogens (tertiary/aromatic N) is 2. The zero-order chi connectivity index (χ0) is 12.3. The van der Waals surface area contributed by atoms with Crippen LogP contribution in [0.5, 0.6) is 0 Å². The number of benzene rings is 1. The zero-order valence-corrected chi connectivity index (χ0v) is 9.97. The van der Waals surface area contributed by atoms with Gasteiger partial charge in [0.15, 0.2) is 0 Å². The SMILES string of the molecule is CC(=O)N(Cc1ccccc1)C(C#N)C1CC1. The molecule has 0 heterocycles. The van der Waals surface area contributed by atoms with Crippen molar-refractivity contribution in [2.45, 2.75) is 32.4 Å². The Morgan fingerprint density at radius 2 is 2.12 bits per heavy atom. The van der Waals surface area contributed by atoms with Crippen molar-refractivity contribution in [2.24, 2.45) is 5.92 Å². The number of hydrogen-bond acceptors (Lipinski definition) is 2. The van der Waals surface area contributed by atoms with Crippen LogP contribution in [0, 0.1) is 17.2 Å². The molecule has 0 saturated heterocycles. The Bertz CT molecular complexity index is 431. The summed E-state index contributed by atoms with van der Waals surface area (Å²) in [6, 6.07) is 11.8. The van der Waals surface area contributed by atoms with E-state index in [0.717, 1.165) is 18.4 Å². The van der Waals surface area contributed by atoms with Gasteiger partial charge in [-0.1, -0.05) is 30.3 Å². The molecule has 0 aliphatic heterocycles. The van der Waals surface area contributed by atoms with Gasteiger partial charge in [-0.15, -0.1) is 0 Å². The zero-order valence-electron chi connectivity index (χ0n) is 9.97. The topological polar surface area (TPSA) is 44.1 Å². The van der Waals surface area contributed by atoms with Crippen LogP contribution in [0.4, 0.5) is 0 Å². The first kappa shape index (κ1) is 11.7. The van der Waals surface area contributed by atoms with Gasteiger partial charge in [-0.3, -0.25) is 4.79 Å². The van der Waals surface area contributed by atoms with E-state index >= 15 is 0 Å². The molecule has 1 unspecified atom stereocenters. The molecule has 0 spiro atoms. The molecule has 0 bridgehead atoms. The third-order valence-electron chi connectivity index (χ3n) is 3.14. The van der Waals surface area contributed by atoms with Gasteiger partial charge in [-0.2, -0.15) is 5.26 Å². The maximum Gasteiger partial charge on any atom is 0.220 e. The van der Waals surface area contributed by atoms with Gasteiger partial charge in [-0.25, -0.2) is 0 Å². The predicted octanol–water partition coefficient (Wildman–Crippen LogP) is 2.34. The van der Waals surface area contributed by atoms with Crippen molar-refractivity contribution in [3.8, 4) is 6.07 Å². The van der Waals surface area contributed by atoms with Gasteiger partial charge in [0.1, 0.15) is 6.04 Å². The van der Waals surface area contributed by atoms with Crippen LogP contribution < -0.4 is 0 Å². The van der Waals surface area contributed by atoms with Crippen molar-refractivity contribution in [1.29, 1.82) is 5.26 Å². The van der Waals surface area contributed by atoms with Gasteiger partial charge in [0.25, 0.3) is 0 Å². The molecule has 3 nitrogen and oxygen atoms in total. The van der Waals surface area contributed by atoms with Gasteiger partial charge in [0.05, 0.1) is 6.07 Å². The summed E-state index contributed by atoms with van der Waals surface area (Å²) in [7, 11) is 0. The monoisotopic (exact) mass is 228 g/mol. The minimum Gasteiger partial charge on any atom is -0.322 e. The average Bonchev–Trinajstić information content (AvgIpc) is 3.14. The molecule has 0 N–H and O–H groups in total. The Hall–Kier alpha value is -1.82. The van der Waals surface area contributed by atoms with E-state index in [1.54, 1.807) is 4.90 Å². The fourth-order valence-corrected chi connectivity index (χ4v) is 2.03. The molecule has 1 amide bonds. The molecule has 1 aliphatic rings. The van der Waals surface area contributed by atoms with E-state index in [1.165, 1.54) is 6.92 Å². The number of rotatable bonds is 4. The first-order valence-corrected chi connectivity index (χ1v) is 5.93. The van der Waals surface area contributed by atoms with Crippen LogP contribution >= 0.6 is 0 Å². The minimum absolute atomic E-state index is 0.0210. The van der Waals surface area contributed by atoms with Gasteiger partial charge < -0.3 is 4.90 Å².